The maximum Gasteiger partial charge on any atom is 0.333 e. The van der Waals surface area contributed by atoms with Crippen molar-refractivity contribution < 1.29 is 28.6 Å². The van der Waals surface area contributed by atoms with E-state index in [0.29, 0.717) is 6.61 Å². The van der Waals surface area contributed by atoms with Crippen molar-refractivity contribution in [3.05, 3.63) is 58.4 Å². The number of hydrogen-bond donors (Lipinski definition) is 2. The number of methoxy groups -OCH3 is 1. The Bertz CT molecular complexity index is 856. The number of ether oxygens (including phenoxy) is 2. The van der Waals surface area contributed by atoms with Gasteiger partial charge in [-0.2, -0.15) is 0 Å². The molecule has 8 heteroatoms. The van der Waals surface area contributed by atoms with Crippen LogP contribution in [0.2, 0.25) is 5.02 Å². The van der Waals surface area contributed by atoms with Gasteiger partial charge < -0.3 is 19.9 Å². The number of hydrogen-bond acceptors (Lipinski definition) is 4. The number of benzene rings is 2. The predicted molar refractivity (Wildman–Crippen MR) is 98.0 cm³/mol. The Balaban J connectivity index is 2.40. The highest BCUT2D eigenvalue weighted by Gasteiger charge is 2.37. The first kappa shape index (κ1) is 20.5. The second-order valence-corrected chi connectivity index (χ2v) is 6.22. The zero-order valence-corrected chi connectivity index (χ0v) is 15.8. The van der Waals surface area contributed by atoms with Crippen LogP contribution in [0.25, 0.3) is 0 Å². The summed E-state index contributed by atoms with van der Waals surface area (Å²) in [5.41, 5.74) is -1.47. The molecular weight excluding hydrogens is 377 g/mol. The van der Waals surface area contributed by atoms with Crippen molar-refractivity contribution in [2.75, 3.05) is 13.7 Å². The van der Waals surface area contributed by atoms with Gasteiger partial charge in [-0.15, -0.1) is 0 Å². The second-order valence-electron chi connectivity index (χ2n) is 5.81. The van der Waals surface area contributed by atoms with Crippen molar-refractivity contribution in [3.8, 4) is 11.5 Å². The van der Waals surface area contributed by atoms with E-state index in [1.165, 1.54) is 38.3 Å². The minimum atomic E-state index is -1.77. The SMILES string of the molecule is CCOc1c(Cl)cc(C(=O)NC(C)(C(=O)O)c2ccc(F)cc2)cc1OC. The molecule has 2 N–H and O–H groups in total. The first-order valence-corrected chi connectivity index (χ1v) is 8.43. The summed E-state index contributed by atoms with van der Waals surface area (Å²) < 4.78 is 23.7. The molecule has 0 bridgehead atoms. The van der Waals surface area contributed by atoms with Crippen molar-refractivity contribution in [2.45, 2.75) is 19.4 Å². The highest BCUT2D eigenvalue weighted by Crippen LogP contribution is 2.36. The lowest BCUT2D eigenvalue weighted by molar-refractivity contribution is -0.144. The largest absolute Gasteiger partial charge is 0.493 e. The first-order valence-electron chi connectivity index (χ1n) is 8.05. The quantitative estimate of drug-likeness (QED) is 0.748. The molecule has 2 aromatic carbocycles. The van der Waals surface area contributed by atoms with Crippen LogP contribution < -0.4 is 14.8 Å². The van der Waals surface area contributed by atoms with Crippen LogP contribution >= 0.6 is 11.6 Å². The molecule has 0 aliphatic rings. The summed E-state index contributed by atoms with van der Waals surface area (Å²) in [7, 11) is 1.40. The van der Waals surface area contributed by atoms with Gasteiger partial charge in [0.25, 0.3) is 5.91 Å². The monoisotopic (exact) mass is 395 g/mol. The van der Waals surface area contributed by atoms with Crippen molar-refractivity contribution >= 4 is 23.5 Å². The zero-order chi connectivity index (χ0) is 20.2. The van der Waals surface area contributed by atoms with Crippen LogP contribution in [0.5, 0.6) is 11.5 Å². The topological polar surface area (TPSA) is 84.9 Å². The molecule has 27 heavy (non-hydrogen) atoms. The molecule has 0 saturated carbocycles. The van der Waals surface area contributed by atoms with Crippen LogP contribution in [-0.2, 0) is 10.3 Å². The van der Waals surface area contributed by atoms with E-state index in [0.717, 1.165) is 12.1 Å². The van der Waals surface area contributed by atoms with Crippen LogP contribution in [-0.4, -0.2) is 30.7 Å². The van der Waals surface area contributed by atoms with Gasteiger partial charge in [0, 0.05) is 5.56 Å². The number of amides is 1. The summed E-state index contributed by atoms with van der Waals surface area (Å²) in [6.45, 7) is 3.44. The normalized spacial score (nSPS) is 12.8. The van der Waals surface area contributed by atoms with E-state index >= 15 is 0 Å². The molecule has 1 atom stereocenters. The number of aliphatic carboxylic acids is 1. The van der Waals surface area contributed by atoms with E-state index in [2.05, 4.69) is 5.32 Å². The Morgan fingerprint density at radius 2 is 1.89 bits per heavy atom. The summed E-state index contributed by atoms with van der Waals surface area (Å²) in [4.78, 5) is 24.5. The highest BCUT2D eigenvalue weighted by atomic mass is 35.5. The summed E-state index contributed by atoms with van der Waals surface area (Å²) >= 11 is 6.16. The molecule has 0 aliphatic carbocycles. The van der Waals surface area contributed by atoms with E-state index in [1.54, 1.807) is 6.92 Å². The van der Waals surface area contributed by atoms with Crippen molar-refractivity contribution in [2.24, 2.45) is 0 Å². The molecule has 2 rings (SSSR count). The van der Waals surface area contributed by atoms with Gasteiger partial charge >= 0.3 is 5.97 Å². The van der Waals surface area contributed by atoms with E-state index in [9.17, 15) is 19.1 Å². The Kier molecular flexibility index (Phi) is 6.28. The first-order chi connectivity index (χ1) is 12.7. The lowest BCUT2D eigenvalue weighted by Crippen LogP contribution is -2.49. The molecule has 1 amide bonds. The molecule has 2 aromatic rings. The minimum absolute atomic E-state index is 0.0925. The molecule has 0 spiro atoms. The van der Waals surface area contributed by atoms with Crippen LogP contribution in [0.3, 0.4) is 0 Å². The molecule has 0 heterocycles. The number of carbonyl (C=O) groups excluding carboxylic acids is 1. The summed E-state index contributed by atoms with van der Waals surface area (Å²) in [5, 5.41) is 12.3. The van der Waals surface area contributed by atoms with Gasteiger partial charge in [-0.1, -0.05) is 23.7 Å². The molecule has 0 fully saturated rings. The van der Waals surface area contributed by atoms with Gasteiger partial charge in [0.2, 0.25) is 0 Å². The zero-order valence-electron chi connectivity index (χ0n) is 15.0. The van der Waals surface area contributed by atoms with Gasteiger partial charge in [0.15, 0.2) is 17.0 Å². The molecule has 0 saturated heterocycles. The van der Waals surface area contributed by atoms with E-state index < -0.39 is 23.2 Å². The fourth-order valence-electron chi connectivity index (χ4n) is 2.47. The lowest BCUT2D eigenvalue weighted by atomic mass is 9.91. The number of carboxylic acids is 1. The molecule has 0 radical (unpaired) electrons. The Labute approximate surface area is 160 Å². The smallest absolute Gasteiger partial charge is 0.333 e. The molecular formula is C19H19ClFNO5. The van der Waals surface area contributed by atoms with Gasteiger partial charge in [0.1, 0.15) is 5.82 Å². The number of halogens is 2. The van der Waals surface area contributed by atoms with Crippen LogP contribution in [0.1, 0.15) is 29.8 Å². The summed E-state index contributed by atoms with van der Waals surface area (Å²) in [6.07, 6.45) is 0. The summed E-state index contributed by atoms with van der Waals surface area (Å²) in [5.74, 6) is -1.97. The van der Waals surface area contributed by atoms with E-state index in [-0.39, 0.29) is 27.6 Å². The molecule has 6 nitrogen and oxygen atoms in total. The van der Waals surface area contributed by atoms with Crippen molar-refractivity contribution in [3.63, 3.8) is 0 Å². The van der Waals surface area contributed by atoms with Crippen LogP contribution in [0, 0.1) is 5.82 Å². The highest BCUT2D eigenvalue weighted by molar-refractivity contribution is 6.32. The third-order valence-electron chi connectivity index (χ3n) is 3.99. The lowest BCUT2D eigenvalue weighted by Gasteiger charge is -2.27. The fourth-order valence-corrected chi connectivity index (χ4v) is 2.73. The number of nitrogens with one attached hydrogen (secondary N) is 1. The standard InChI is InChI=1S/C19H19ClFNO5/c1-4-27-16-14(20)9-11(10-15(16)26-3)17(23)22-19(2,18(24)25)12-5-7-13(21)8-6-12/h5-10H,4H2,1-3H3,(H,22,23)(H,24,25). The third kappa shape index (κ3) is 4.31. The maximum atomic E-state index is 13.2. The van der Waals surface area contributed by atoms with Gasteiger partial charge in [-0.3, -0.25) is 4.79 Å². The van der Waals surface area contributed by atoms with Crippen LogP contribution in [0.4, 0.5) is 4.39 Å². The Morgan fingerprint density at radius 1 is 1.26 bits per heavy atom. The fraction of sp³-hybridized carbons (Fsp3) is 0.263. The molecule has 0 aliphatic heterocycles. The molecule has 0 aromatic heterocycles. The van der Waals surface area contributed by atoms with E-state index in [1.807, 2.05) is 0 Å². The average Bonchev–Trinajstić information content (AvgIpc) is 2.63. The summed E-state index contributed by atoms with van der Waals surface area (Å²) in [6, 6.07) is 7.61. The number of rotatable bonds is 7. The minimum Gasteiger partial charge on any atom is -0.493 e. The predicted octanol–water partition coefficient (Wildman–Crippen LogP) is 3.62. The van der Waals surface area contributed by atoms with Crippen molar-refractivity contribution in [1.29, 1.82) is 0 Å². The van der Waals surface area contributed by atoms with Crippen molar-refractivity contribution in [1.82, 2.24) is 5.32 Å². The maximum absolute atomic E-state index is 13.2. The number of carbonyl (C=O) groups is 2. The van der Waals surface area contributed by atoms with Gasteiger partial charge in [0.05, 0.1) is 18.7 Å². The third-order valence-corrected chi connectivity index (χ3v) is 4.27. The molecule has 144 valence electrons. The number of carboxylic acid groups (broad SMARTS) is 1. The van der Waals surface area contributed by atoms with E-state index in [4.69, 9.17) is 21.1 Å². The van der Waals surface area contributed by atoms with Gasteiger partial charge in [-0.25, -0.2) is 9.18 Å². The Hall–Kier alpha value is -2.80. The average molecular weight is 396 g/mol. The Morgan fingerprint density at radius 3 is 2.41 bits per heavy atom. The van der Waals surface area contributed by atoms with Gasteiger partial charge in [-0.05, 0) is 43.7 Å². The molecule has 1 unspecified atom stereocenters. The van der Waals surface area contributed by atoms with Crippen LogP contribution in [0.15, 0.2) is 36.4 Å². The second kappa shape index (κ2) is 8.26.